The van der Waals surface area contributed by atoms with Crippen molar-refractivity contribution in [3.8, 4) is 0 Å². The molecular weight excluding hydrogens is 424 g/mol. The van der Waals surface area contributed by atoms with E-state index in [1.807, 2.05) is 30.7 Å². The van der Waals surface area contributed by atoms with Crippen LogP contribution in [0.4, 0.5) is 0 Å². The number of rotatable bonds is 3. The Kier molecular flexibility index (Phi) is 4.55. The molecule has 3 aromatic rings. The monoisotopic (exact) mass is 450 g/mol. The number of hydrogen-bond acceptors (Lipinski definition) is 6. The van der Waals surface area contributed by atoms with Crippen LogP contribution in [0.5, 0.6) is 0 Å². The average Bonchev–Trinajstić information content (AvgIpc) is 3.52. The fourth-order valence-corrected chi connectivity index (χ4v) is 5.52. The Morgan fingerprint density at radius 1 is 1.03 bits per heavy atom. The van der Waals surface area contributed by atoms with Gasteiger partial charge in [0.1, 0.15) is 17.8 Å². The first kappa shape index (κ1) is 19.6. The average molecular weight is 451 g/mol. The molecule has 7 rings (SSSR count). The van der Waals surface area contributed by atoms with Crippen LogP contribution in [0.15, 0.2) is 83.3 Å². The van der Waals surface area contributed by atoms with Gasteiger partial charge in [-0.1, -0.05) is 24.3 Å². The van der Waals surface area contributed by atoms with Gasteiger partial charge < -0.3 is 19.9 Å². The summed E-state index contributed by atoms with van der Waals surface area (Å²) in [6.45, 7) is 1.58. The van der Waals surface area contributed by atoms with Gasteiger partial charge in [0.25, 0.3) is 0 Å². The summed E-state index contributed by atoms with van der Waals surface area (Å²) < 4.78 is 8.55. The summed E-state index contributed by atoms with van der Waals surface area (Å²) in [7, 11) is 0. The van der Waals surface area contributed by atoms with Crippen molar-refractivity contribution in [2.75, 3.05) is 13.2 Å². The Morgan fingerprint density at radius 3 is 2.82 bits per heavy atom. The minimum Gasteiger partial charge on any atom is -0.493 e. The largest absolute Gasteiger partial charge is 0.493 e. The maximum atomic E-state index is 6.16. The van der Waals surface area contributed by atoms with E-state index in [9.17, 15) is 0 Å². The van der Waals surface area contributed by atoms with E-state index >= 15 is 0 Å². The van der Waals surface area contributed by atoms with Crippen LogP contribution >= 0.6 is 0 Å². The third-order valence-corrected chi connectivity index (χ3v) is 7.10. The molecule has 0 fully saturated rings. The van der Waals surface area contributed by atoms with Crippen LogP contribution in [0.2, 0.25) is 0 Å². The highest BCUT2D eigenvalue weighted by atomic mass is 16.5. The SMILES string of the molecule is C1=CC(C2=NC(n3c4c(c5ccccc53)C3=C(CCO3)CC4)NC(c3ccncc3)N2)=CCN1. The Bertz CT molecular complexity index is 1400. The summed E-state index contributed by atoms with van der Waals surface area (Å²) >= 11 is 0. The van der Waals surface area contributed by atoms with Gasteiger partial charge in [-0.05, 0) is 54.5 Å². The van der Waals surface area contributed by atoms with Crippen LogP contribution in [0.25, 0.3) is 16.7 Å². The zero-order valence-electron chi connectivity index (χ0n) is 18.8. The summed E-state index contributed by atoms with van der Waals surface area (Å²) in [6, 6.07) is 12.7. The molecule has 0 amide bonds. The van der Waals surface area contributed by atoms with Crippen molar-refractivity contribution in [2.45, 2.75) is 31.7 Å². The highest BCUT2D eigenvalue weighted by molar-refractivity contribution is 6.02. The number of fused-ring (bicyclic) bond motifs is 4. The third-order valence-electron chi connectivity index (χ3n) is 7.10. The molecule has 2 atom stereocenters. The number of benzene rings is 1. The predicted molar refractivity (Wildman–Crippen MR) is 133 cm³/mol. The topological polar surface area (TPSA) is 75.5 Å². The molecule has 0 bridgehead atoms. The molecule has 0 saturated carbocycles. The number of pyridine rings is 1. The summed E-state index contributed by atoms with van der Waals surface area (Å²) in [6.07, 6.45) is 12.6. The Balaban J connectivity index is 1.41. The first-order chi connectivity index (χ1) is 16.9. The van der Waals surface area contributed by atoms with E-state index < -0.39 is 0 Å². The van der Waals surface area contributed by atoms with Crippen molar-refractivity contribution in [3.05, 3.63) is 95.1 Å². The Morgan fingerprint density at radius 2 is 1.94 bits per heavy atom. The molecule has 0 saturated heterocycles. The number of para-hydroxylation sites is 1. The molecule has 4 aliphatic rings. The lowest BCUT2D eigenvalue weighted by Crippen LogP contribution is -2.47. The number of nitrogens with zero attached hydrogens (tertiary/aromatic N) is 3. The molecule has 34 heavy (non-hydrogen) atoms. The van der Waals surface area contributed by atoms with Gasteiger partial charge in [-0.2, -0.15) is 0 Å². The van der Waals surface area contributed by atoms with Gasteiger partial charge in [-0.15, -0.1) is 0 Å². The second-order valence-electron chi connectivity index (χ2n) is 9.02. The van der Waals surface area contributed by atoms with Gasteiger partial charge in [-0.25, -0.2) is 4.99 Å². The zero-order chi connectivity index (χ0) is 22.5. The lowest BCUT2D eigenvalue weighted by atomic mass is 9.93. The zero-order valence-corrected chi connectivity index (χ0v) is 18.8. The smallest absolute Gasteiger partial charge is 0.184 e. The Labute approximate surface area is 197 Å². The van der Waals surface area contributed by atoms with Gasteiger partial charge in [0.15, 0.2) is 6.29 Å². The van der Waals surface area contributed by atoms with Crippen molar-refractivity contribution in [1.82, 2.24) is 25.5 Å². The maximum Gasteiger partial charge on any atom is 0.184 e. The number of aromatic nitrogens is 2. The van der Waals surface area contributed by atoms with Crippen LogP contribution in [-0.4, -0.2) is 28.5 Å². The fraction of sp³-hybridized carbons (Fsp3) is 0.259. The molecule has 3 aliphatic heterocycles. The van der Waals surface area contributed by atoms with Crippen LogP contribution in [0, 0.1) is 0 Å². The van der Waals surface area contributed by atoms with Crippen LogP contribution in [0.1, 0.15) is 42.1 Å². The van der Waals surface area contributed by atoms with Crippen LogP contribution in [-0.2, 0) is 11.2 Å². The van der Waals surface area contributed by atoms with E-state index in [1.165, 1.54) is 27.7 Å². The highest BCUT2D eigenvalue weighted by Crippen LogP contribution is 2.44. The second-order valence-corrected chi connectivity index (χ2v) is 9.02. The van der Waals surface area contributed by atoms with E-state index in [2.05, 4.69) is 61.9 Å². The molecule has 0 spiro atoms. The normalized spacial score (nSPS) is 23.4. The standard InChI is InChI=1S/C27H26N6O/c1-2-4-21-20(3-1)23-22(6-5-17-11-16-34-24(17)23)33(21)27-31-25(18-7-12-28-13-8-18)30-26(32-27)19-9-14-29-15-10-19/h1-4,7-10,12-14,25,27,29,31H,5-6,11,15-16H2,(H,30,32). The first-order valence-electron chi connectivity index (χ1n) is 11.9. The number of dihydropyridines is 1. The molecule has 7 heteroatoms. The number of hydrogen-bond donors (Lipinski definition) is 3. The van der Waals surface area contributed by atoms with Crippen molar-refractivity contribution in [3.63, 3.8) is 0 Å². The van der Waals surface area contributed by atoms with E-state index in [0.29, 0.717) is 0 Å². The van der Waals surface area contributed by atoms with Crippen molar-refractivity contribution in [1.29, 1.82) is 0 Å². The summed E-state index contributed by atoms with van der Waals surface area (Å²) in [5.74, 6) is 1.99. The van der Waals surface area contributed by atoms with E-state index in [0.717, 1.165) is 55.1 Å². The van der Waals surface area contributed by atoms with Crippen LogP contribution in [0.3, 0.4) is 0 Å². The number of aliphatic imine (C=N–C) groups is 1. The molecule has 0 radical (unpaired) electrons. The van der Waals surface area contributed by atoms with Crippen LogP contribution < -0.4 is 16.0 Å². The molecule has 3 N–H and O–H groups in total. The molecule has 2 unspecified atom stereocenters. The van der Waals surface area contributed by atoms with Gasteiger partial charge >= 0.3 is 0 Å². The molecular formula is C27H26N6O. The minimum absolute atomic E-state index is 0.0948. The minimum atomic E-state index is -0.254. The molecule has 1 aliphatic carbocycles. The number of amidine groups is 1. The summed E-state index contributed by atoms with van der Waals surface area (Å²) in [4.78, 5) is 9.41. The van der Waals surface area contributed by atoms with Crippen molar-refractivity contribution < 1.29 is 4.74 Å². The predicted octanol–water partition coefficient (Wildman–Crippen LogP) is 3.90. The van der Waals surface area contributed by atoms with Gasteiger partial charge in [0.05, 0.1) is 12.1 Å². The molecule has 7 nitrogen and oxygen atoms in total. The lowest BCUT2D eigenvalue weighted by molar-refractivity contribution is 0.306. The lowest BCUT2D eigenvalue weighted by Gasteiger charge is -2.34. The van der Waals surface area contributed by atoms with Crippen molar-refractivity contribution in [2.24, 2.45) is 4.99 Å². The summed E-state index contributed by atoms with van der Waals surface area (Å²) in [5, 5.41) is 11.8. The van der Waals surface area contributed by atoms with Gasteiger partial charge in [-0.3, -0.25) is 10.3 Å². The van der Waals surface area contributed by atoms with Crippen molar-refractivity contribution >= 4 is 22.5 Å². The summed E-state index contributed by atoms with van der Waals surface area (Å²) in [5.41, 5.74) is 7.42. The molecule has 5 heterocycles. The molecule has 1 aromatic carbocycles. The molecule has 170 valence electrons. The second kappa shape index (κ2) is 7.88. The maximum absolute atomic E-state index is 6.16. The number of ether oxygens (including phenoxy) is 1. The van der Waals surface area contributed by atoms with Gasteiger partial charge in [0, 0.05) is 47.6 Å². The van der Waals surface area contributed by atoms with E-state index in [-0.39, 0.29) is 12.5 Å². The fourth-order valence-electron chi connectivity index (χ4n) is 5.52. The first-order valence-corrected chi connectivity index (χ1v) is 11.9. The quantitative estimate of drug-likeness (QED) is 0.564. The molecule has 2 aromatic heterocycles. The highest BCUT2D eigenvalue weighted by Gasteiger charge is 2.34. The third kappa shape index (κ3) is 3.08. The van der Waals surface area contributed by atoms with E-state index in [1.54, 1.807) is 0 Å². The number of nitrogens with one attached hydrogen (secondary N) is 3. The van der Waals surface area contributed by atoms with E-state index in [4.69, 9.17) is 9.73 Å². The van der Waals surface area contributed by atoms with Gasteiger partial charge in [0.2, 0.25) is 0 Å². The Hall–Kier alpha value is -3.84.